The van der Waals surface area contributed by atoms with Crippen molar-refractivity contribution in [3.63, 3.8) is 0 Å². The number of hydrogen-bond acceptors (Lipinski definition) is 2. The maximum Gasteiger partial charge on any atom is 0.192 e. The number of carbonyl (C=O) groups excluding carboxylic acids is 1. The summed E-state index contributed by atoms with van der Waals surface area (Å²) in [6, 6.07) is 20.0. The van der Waals surface area contributed by atoms with Gasteiger partial charge in [-0.1, -0.05) is 66.7 Å². The van der Waals surface area contributed by atoms with Crippen molar-refractivity contribution in [3.05, 3.63) is 102 Å². The first kappa shape index (κ1) is 12.8. The van der Waals surface area contributed by atoms with Crippen molar-refractivity contribution in [1.29, 1.82) is 0 Å². The van der Waals surface area contributed by atoms with Gasteiger partial charge in [0.05, 0.1) is 5.70 Å². The molecule has 0 fully saturated rings. The maximum atomic E-state index is 12.9. The number of allylic oxidation sites excluding steroid dienone is 2. The molecule has 0 amide bonds. The molecule has 22 heavy (non-hydrogen) atoms. The minimum Gasteiger partial charge on any atom is -0.326 e. The van der Waals surface area contributed by atoms with E-state index in [0.29, 0.717) is 0 Å². The largest absolute Gasteiger partial charge is 0.326 e. The van der Waals surface area contributed by atoms with Gasteiger partial charge in [0, 0.05) is 12.3 Å². The third-order valence-corrected chi connectivity index (χ3v) is 4.25. The van der Waals surface area contributed by atoms with Gasteiger partial charge in [0.1, 0.15) is 0 Å². The predicted octanol–water partition coefficient (Wildman–Crippen LogP) is 3.89. The fraction of sp³-hybridized carbons (Fsp3) is 0.0500. The first-order valence-corrected chi connectivity index (χ1v) is 7.35. The average molecular weight is 285 g/mol. The molecule has 2 heterocycles. The smallest absolute Gasteiger partial charge is 0.192 e. The van der Waals surface area contributed by atoms with E-state index in [1.54, 1.807) is 6.08 Å². The van der Waals surface area contributed by atoms with Crippen molar-refractivity contribution >= 4 is 11.5 Å². The van der Waals surface area contributed by atoms with Crippen LogP contribution in [0.3, 0.4) is 0 Å². The third kappa shape index (κ3) is 1.70. The molecule has 0 spiro atoms. The normalized spacial score (nSPS) is 22.6. The van der Waals surface area contributed by atoms with E-state index >= 15 is 0 Å². The van der Waals surface area contributed by atoms with Crippen LogP contribution in [0, 0.1) is 0 Å². The van der Waals surface area contributed by atoms with Gasteiger partial charge < -0.3 is 4.90 Å². The van der Waals surface area contributed by atoms with Gasteiger partial charge >= 0.3 is 0 Å². The van der Waals surface area contributed by atoms with E-state index in [-0.39, 0.29) is 5.78 Å². The van der Waals surface area contributed by atoms with Crippen molar-refractivity contribution in [3.8, 4) is 0 Å². The minimum absolute atomic E-state index is 0.0955. The molecule has 2 aliphatic heterocycles. The van der Waals surface area contributed by atoms with Crippen LogP contribution in [0.15, 0.2) is 91.2 Å². The molecule has 0 N–H and O–H groups in total. The summed E-state index contributed by atoms with van der Waals surface area (Å²) in [7, 11) is 0. The number of carbonyl (C=O) groups is 1. The Hall–Kier alpha value is -2.87. The van der Waals surface area contributed by atoms with Gasteiger partial charge in [0.15, 0.2) is 11.3 Å². The zero-order valence-corrected chi connectivity index (χ0v) is 12.0. The van der Waals surface area contributed by atoms with Gasteiger partial charge in [-0.05, 0) is 23.3 Å². The molecule has 0 bridgehead atoms. The Kier molecular flexibility index (Phi) is 2.83. The molecule has 0 aromatic heterocycles. The number of hydrogen-bond donors (Lipinski definition) is 0. The van der Waals surface area contributed by atoms with E-state index in [2.05, 4.69) is 4.90 Å². The monoisotopic (exact) mass is 285 g/mol. The highest BCUT2D eigenvalue weighted by Gasteiger charge is 2.48. The van der Waals surface area contributed by atoms with Crippen LogP contribution in [0.25, 0.3) is 5.70 Å². The standard InChI is InChI=1S/C20H15NO/c22-19-15-18(16-9-3-1-4-10-16)21-14-8-7-13-20(19,21)17-11-5-2-6-12-17/h1-15H. The molecule has 106 valence electrons. The summed E-state index contributed by atoms with van der Waals surface area (Å²) < 4.78 is 0. The number of fused-ring (bicyclic) bond motifs is 1. The molecular weight excluding hydrogens is 270 g/mol. The fourth-order valence-electron chi connectivity index (χ4n) is 3.20. The molecule has 2 nitrogen and oxygen atoms in total. The van der Waals surface area contributed by atoms with Crippen molar-refractivity contribution in [2.75, 3.05) is 0 Å². The second kappa shape index (κ2) is 4.85. The van der Waals surface area contributed by atoms with Crippen LogP contribution in [0.4, 0.5) is 0 Å². The Morgan fingerprint density at radius 3 is 2.23 bits per heavy atom. The summed E-state index contributed by atoms with van der Waals surface area (Å²) in [5, 5.41) is 0. The maximum absolute atomic E-state index is 12.9. The van der Waals surface area contributed by atoms with Crippen molar-refractivity contribution < 1.29 is 4.79 Å². The van der Waals surface area contributed by atoms with Crippen LogP contribution >= 0.6 is 0 Å². The molecular formula is C20H15NO. The zero-order chi connectivity index (χ0) is 15.0. The van der Waals surface area contributed by atoms with Crippen molar-refractivity contribution in [1.82, 2.24) is 4.90 Å². The van der Waals surface area contributed by atoms with Crippen molar-refractivity contribution in [2.45, 2.75) is 5.54 Å². The SMILES string of the molecule is O=C1C=C(c2ccccc2)N2C=CC=CC12c1ccccc1. The highest BCUT2D eigenvalue weighted by atomic mass is 16.1. The summed E-state index contributed by atoms with van der Waals surface area (Å²) in [6.07, 6.45) is 9.63. The predicted molar refractivity (Wildman–Crippen MR) is 87.7 cm³/mol. The summed E-state index contributed by atoms with van der Waals surface area (Å²) >= 11 is 0. The Morgan fingerprint density at radius 1 is 0.818 bits per heavy atom. The van der Waals surface area contributed by atoms with E-state index in [1.807, 2.05) is 85.1 Å². The average Bonchev–Trinajstić information content (AvgIpc) is 2.91. The van der Waals surface area contributed by atoms with E-state index in [4.69, 9.17) is 0 Å². The van der Waals surface area contributed by atoms with Crippen LogP contribution in [0.5, 0.6) is 0 Å². The van der Waals surface area contributed by atoms with Crippen molar-refractivity contribution in [2.24, 2.45) is 0 Å². The van der Waals surface area contributed by atoms with E-state index in [9.17, 15) is 4.79 Å². The Labute approximate surface area is 129 Å². The third-order valence-electron chi connectivity index (χ3n) is 4.25. The van der Waals surface area contributed by atoms with Gasteiger partial charge in [-0.3, -0.25) is 4.79 Å². The molecule has 2 aromatic carbocycles. The topological polar surface area (TPSA) is 20.3 Å². The summed E-state index contributed by atoms with van der Waals surface area (Å²) in [4.78, 5) is 15.0. The molecule has 0 radical (unpaired) electrons. The lowest BCUT2D eigenvalue weighted by atomic mass is 9.84. The van der Waals surface area contributed by atoms with Gasteiger partial charge in [0.2, 0.25) is 0 Å². The van der Waals surface area contributed by atoms with Gasteiger partial charge in [-0.2, -0.15) is 0 Å². The van der Waals surface area contributed by atoms with Crippen LogP contribution in [0.2, 0.25) is 0 Å². The molecule has 1 unspecified atom stereocenters. The first-order chi connectivity index (χ1) is 10.8. The van der Waals surface area contributed by atoms with Crippen LogP contribution in [0.1, 0.15) is 11.1 Å². The molecule has 0 saturated carbocycles. The fourth-order valence-corrected chi connectivity index (χ4v) is 3.20. The molecule has 0 saturated heterocycles. The first-order valence-electron chi connectivity index (χ1n) is 7.35. The van der Waals surface area contributed by atoms with Crippen LogP contribution in [-0.2, 0) is 10.3 Å². The highest BCUT2D eigenvalue weighted by molar-refractivity contribution is 6.10. The Bertz CT molecular complexity index is 802. The highest BCUT2D eigenvalue weighted by Crippen LogP contribution is 2.44. The number of nitrogens with zero attached hydrogens (tertiary/aromatic N) is 1. The number of rotatable bonds is 2. The van der Waals surface area contributed by atoms with E-state index in [1.165, 1.54) is 0 Å². The second-order valence-corrected chi connectivity index (χ2v) is 5.46. The lowest BCUT2D eigenvalue weighted by Crippen LogP contribution is -2.43. The van der Waals surface area contributed by atoms with Crippen LogP contribution < -0.4 is 0 Å². The molecule has 2 heteroatoms. The quantitative estimate of drug-likeness (QED) is 0.834. The van der Waals surface area contributed by atoms with E-state index < -0.39 is 5.54 Å². The molecule has 4 rings (SSSR count). The lowest BCUT2D eigenvalue weighted by Gasteiger charge is -2.38. The lowest BCUT2D eigenvalue weighted by molar-refractivity contribution is -0.120. The zero-order valence-electron chi connectivity index (χ0n) is 12.0. The van der Waals surface area contributed by atoms with Gasteiger partial charge in [-0.15, -0.1) is 0 Å². The molecule has 2 aromatic rings. The Morgan fingerprint density at radius 2 is 1.50 bits per heavy atom. The number of ketones is 1. The van der Waals surface area contributed by atoms with Gasteiger partial charge in [0.25, 0.3) is 0 Å². The molecule has 1 atom stereocenters. The Balaban J connectivity index is 1.89. The molecule has 2 aliphatic rings. The van der Waals surface area contributed by atoms with Gasteiger partial charge in [-0.25, -0.2) is 0 Å². The minimum atomic E-state index is -0.749. The number of benzene rings is 2. The summed E-state index contributed by atoms with van der Waals surface area (Å²) in [6.45, 7) is 0. The second-order valence-electron chi connectivity index (χ2n) is 5.46. The van der Waals surface area contributed by atoms with Crippen LogP contribution in [-0.4, -0.2) is 10.7 Å². The molecule has 0 aliphatic carbocycles. The van der Waals surface area contributed by atoms with E-state index in [0.717, 1.165) is 16.8 Å². The summed E-state index contributed by atoms with van der Waals surface area (Å²) in [5.74, 6) is 0.0955. The summed E-state index contributed by atoms with van der Waals surface area (Å²) in [5.41, 5.74) is 2.23.